The summed E-state index contributed by atoms with van der Waals surface area (Å²) in [6.07, 6.45) is 0. The van der Waals surface area contributed by atoms with Crippen LogP contribution in [0.3, 0.4) is 0 Å². The van der Waals surface area contributed by atoms with Crippen LogP contribution >= 0.6 is 0 Å². The van der Waals surface area contributed by atoms with Gasteiger partial charge in [-0.3, -0.25) is 0 Å². The summed E-state index contributed by atoms with van der Waals surface area (Å²) < 4.78 is 6.53. The van der Waals surface area contributed by atoms with Crippen LogP contribution in [0.25, 0.3) is 76.9 Å². The van der Waals surface area contributed by atoms with E-state index in [-0.39, 0.29) is 5.41 Å². The Hall–Kier alpha value is -5.14. The third-order valence-electron chi connectivity index (χ3n) is 9.42. The summed E-state index contributed by atoms with van der Waals surface area (Å²) in [5.41, 5.74) is 12.2. The molecule has 0 amide bonds. The summed E-state index contributed by atoms with van der Waals surface area (Å²) in [6.45, 7) is 4.78. The van der Waals surface area contributed by atoms with Crippen molar-refractivity contribution in [3.05, 3.63) is 145 Å². The van der Waals surface area contributed by atoms with E-state index in [1.54, 1.807) is 0 Å². The third kappa shape index (κ3) is 3.14. The topological polar surface area (TPSA) is 13.1 Å². The van der Waals surface area contributed by atoms with E-state index in [0.29, 0.717) is 0 Å². The van der Waals surface area contributed by atoms with Crippen molar-refractivity contribution < 1.29 is 4.42 Å². The molecule has 42 heavy (non-hydrogen) atoms. The lowest BCUT2D eigenvalue weighted by molar-refractivity contribution is 0.666. The number of rotatable bonds is 2. The van der Waals surface area contributed by atoms with Crippen LogP contribution in [0.4, 0.5) is 0 Å². The van der Waals surface area contributed by atoms with Gasteiger partial charge in [-0.2, -0.15) is 0 Å². The first-order chi connectivity index (χ1) is 20.6. The molecule has 1 aromatic heterocycles. The van der Waals surface area contributed by atoms with Crippen molar-refractivity contribution in [1.29, 1.82) is 0 Å². The number of hydrogen-bond donors (Lipinski definition) is 0. The molecule has 8 aromatic rings. The SMILES string of the molecule is CC1(C)c2cc(-c3cccc4oc5c6ccccc6ccc5c34)ccc2-c2c(-c3ccccc3)cc3ccccc3c21. The van der Waals surface area contributed by atoms with Crippen LogP contribution in [-0.2, 0) is 5.41 Å². The molecule has 0 radical (unpaired) electrons. The van der Waals surface area contributed by atoms with E-state index in [1.165, 1.54) is 71.4 Å². The summed E-state index contributed by atoms with van der Waals surface area (Å²) in [7, 11) is 0. The molecule has 1 heteroatoms. The predicted molar refractivity (Wildman–Crippen MR) is 177 cm³/mol. The van der Waals surface area contributed by atoms with E-state index < -0.39 is 0 Å². The molecule has 1 aliphatic carbocycles. The predicted octanol–water partition coefficient (Wildman–Crippen LogP) is 11.5. The Kier molecular flexibility index (Phi) is 4.73. The maximum atomic E-state index is 6.53. The number of hydrogen-bond acceptors (Lipinski definition) is 1. The summed E-state index contributed by atoms with van der Waals surface area (Å²) in [5.74, 6) is 0. The van der Waals surface area contributed by atoms with Gasteiger partial charge in [0.2, 0.25) is 0 Å². The standard InChI is InChI=1S/C41H28O/c1-41(2)35-24-28(29-17-10-18-36-37(29)33-22-19-26-13-6-9-16-31(26)40(33)42-36)20-21-32(35)38-34(25-11-4-3-5-12-25)23-27-14-7-8-15-30(27)39(38)41/h3-24H,1-2H3. The molecule has 0 saturated heterocycles. The van der Waals surface area contributed by atoms with Gasteiger partial charge in [0.05, 0.1) is 0 Å². The summed E-state index contributed by atoms with van der Waals surface area (Å²) in [6, 6.07) is 48.6. The molecule has 0 saturated carbocycles. The molecule has 9 rings (SSSR count). The van der Waals surface area contributed by atoms with Gasteiger partial charge in [0.15, 0.2) is 0 Å². The molecule has 7 aromatic carbocycles. The lowest BCUT2D eigenvalue weighted by Gasteiger charge is -2.24. The van der Waals surface area contributed by atoms with Crippen molar-refractivity contribution in [2.75, 3.05) is 0 Å². The molecule has 1 heterocycles. The van der Waals surface area contributed by atoms with E-state index in [4.69, 9.17) is 4.42 Å². The highest BCUT2D eigenvalue weighted by molar-refractivity contribution is 6.19. The molecule has 0 spiro atoms. The highest BCUT2D eigenvalue weighted by Crippen LogP contribution is 2.55. The molecule has 1 nitrogen and oxygen atoms in total. The van der Waals surface area contributed by atoms with E-state index in [9.17, 15) is 0 Å². The molecule has 0 fully saturated rings. The quantitative estimate of drug-likeness (QED) is 0.214. The second-order valence-corrected chi connectivity index (χ2v) is 12.1. The first kappa shape index (κ1) is 23.6. The Morgan fingerprint density at radius 3 is 2.12 bits per heavy atom. The van der Waals surface area contributed by atoms with E-state index >= 15 is 0 Å². The van der Waals surface area contributed by atoms with Gasteiger partial charge in [0.1, 0.15) is 11.2 Å². The Labute approximate surface area is 244 Å². The maximum Gasteiger partial charge on any atom is 0.143 e. The average molecular weight is 537 g/mol. The minimum atomic E-state index is -0.159. The molecule has 0 N–H and O–H groups in total. The molecule has 0 unspecified atom stereocenters. The average Bonchev–Trinajstić information content (AvgIpc) is 3.54. The molecule has 0 atom stereocenters. The van der Waals surface area contributed by atoms with E-state index in [2.05, 4.69) is 147 Å². The number of fused-ring (bicyclic) bond motifs is 10. The van der Waals surface area contributed by atoms with Gasteiger partial charge >= 0.3 is 0 Å². The first-order valence-electron chi connectivity index (χ1n) is 14.7. The van der Waals surface area contributed by atoms with Crippen molar-refractivity contribution in [1.82, 2.24) is 0 Å². The van der Waals surface area contributed by atoms with Gasteiger partial charge in [-0.15, -0.1) is 0 Å². The Morgan fingerprint density at radius 1 is 0.500 bits per heavy atom. The Morgan fingerprint density at radius 2 is 1.26 bits per heavy atom. The van der Waals surface area contributed by atoms with Crippen LogP contribution in [0.15, 0.2) is 138 Å². The van der Waals surface area contributed by atoms with E-state index in [1.807, 2.05) is 0 Å². The van der Waals surface area contributed by atoms with Crippen LogP contribution in [0.5, 0.6) is 0 Å². The molecule has 1 aliphatic rings. The molecule has 0 aliphatic heterocycles. The Bertz CT molecular complexity index is 2370. The Balaban J connectivity index is 1.32. The highest BCUT2D eigenvalue weighted by Gasteiger charge is 2.39. The fourth-order valence-corrected chi connectivity index (χ4v) is 7.50. The minimum absolute atomic E-state index is 0.159. The molecular weight excluding hydrogens is 508 g/mol. The van der Waals surface area contributed by atoms with Gasteiger partial charge in [0.25, 0.3) is 0 Å². The van der Waals surface area contributed by atoms with Gasteiger partial charge in [0, 0.05) is 21.6 Å². The van der Waals surface area contributed by atoms with Crippen LogP contribution in [0.1, 0.15) is 25.0 Å². The van der Waals surface area contributed by atoms with E-state index in [0.717, 1.165) is 16.6 Å². The van der Waals surface area contributed by atoms with Gasteiger partial charge in [-0.1, -0.05) is 123 Å². The van der Waals surface area contributed by atoms with Crippen LogP contribution in [0, 0.1) is 0 Å². The van der Waals surface area contributed by atoms with Crippen molar-refractivity contribution in [3.63, 3.8) is 0 Å². The lowest BCUT2D eigenvalue weighted by atomic mass is 9.78. The third-order valence-corrected chi connectivity index (χ3v) is 9.42. The second kappa shape index (κ2) is 8.44. The van der Waals surface area contributed by atoms with Crippen LogP contribution < -0.4 is 0 Å². The molecule has 0 bridgehead atoms. The fraction of sp³-hybridized carbons (Fsp3) is 0.0732. The molecule has 198 valence electrons. The maximum absolute atomic E-state index is 6.53. The van der Waals surface area contributed by atoms with Gasteiger partial charge < -0.3 is 4.42 Å². The zero-order chi connectivity index (χ0) is 28.0. The normalized spacial score (nSPS) is 13.7. The largest absolute Gasteiger partial charge is 0.455 e. The van der Waals surface area contributed by atoms with Crippen molar-refractivity contribution in [2.24, 2.45) is 0 Å². The fourth-order valence-electron chi connectivity index (χ4n) is 7.50. The summed E-state index contributed by atoms with van der Waals surface area (Å²) >= 11 is 0. The van der Waals surface area contributed by atoms with Crippen LogP contribution in [0.2, 0.25) is 0 Å². The van der Waals surface area contributed by atoms with Gasteiger partial charge in [-0.25, -0.2) is 0 Å². The minimum Gasteiger partial charge on any atom is -0.455 e. The van der Waals surface area contributed by atoms with Crippen LogP contribution in [-0.4, -0.2) is 0 Å². The smallest absolute Gasteiger partial charge is 0.143 e. The van der Waals surface area contributed by atoms with Gasteiger partial charge in [-0.05, 0) is 84.9 Å². The zero-order valence-corrected chi connectivity index (χ0v) is 23.6. The van der Waals surface area contributed by atoms with Crippen molar-refractivity contribution in [2.45, 2.75) is 19.3 Å². The number of benzene rings is 7. The molecular formula is C41H28O. The highest BCUT2D eigenvalue weighted by atomic mass is 16.3. The summed E-state index contributed by atoms with van der Waals surface area (Å²) in [5, 5.41) is 7.33. The lowest BCUT2D eigenvalue weighted by Crippen LogP contribution is -2.15. The second-order valence-electron chi connectivity index (χ2n) is 12.1. The van der Waals surface area contributed by atoms with Crippen molar-refractivity contribution in [3.8, 4) is 33.4 Å². The summed E-state index contributed by atoms with van der Waals surface area (Å²) in [4.78, 5) is 0. The number of furan rings is 1. The monoisotopic (exact) mass is 536 g/mol. The van der Waals surface area contributed by atoms with Crippen molar-refractivity contribution >= 4 is 43.5 Å². The first-order valence-corrected chi connectivity index (χ1v) is 14.7. The zero-order valence-electron chi connectivity index (χ0n) is 23.6.